The van der Waals surface area contributed by atoms with Gasteiger partial charge in [-0.25, -0.2) is 0 Å². The largest absolute Gasteiger partial charge is 0.371 e. The van der Waals surface area contributed by atoms with Gasteiger partial charge in [0.05, 0.1) is 6.54 Å². The number of nitrogens with one attached hydrogen (secondary N) is 2. The molecule has 1 aromatic rings. The molecule has 2 N–H and O–H groups in total. The number of hydrogen-bond acceptors (Lipinski definition) is 6. The molecule has 9 heteroatoms. The highest BCUT2D eigenvalue weighted by molar-refractivity contribution is 14.0. The molecule has 23 heavy (non-hydrogen) atoms. The molecule has 0 aliphatic carbocycles. The van der Waals surface area contributed by atoms with Crippen molar-refractivity contribution < 1.29 is 9.26 Å². The van der Waals surface area contributed by atoms with Crippen molar-refractivity contribution in [3.05, 3.63) is 11.7 Å². The lowest BCUT2D eigenvalue weighted by molar-refractivity contribution is 0.0683. The van der Waals surface area contributed by atoms with Crippen LogP contribution >= 0.6 is 35.7 Å². The molecule has 0 spiro atoms. The minimum atomic E-state index is -0.153. The van der Waals surface area contributed by atoms with Crippen molar-refractivity contribution in [2.45, 2.75) is 44.6 Å². The average molecular weight is 455 g/mol. The van der Waals surface area contributed by atoms with E-state index in [1.807, 2.05) is 25.6 Å². The van der Waals surface area contributed by atoms with E-state index in [9.17, 15) is 0 Å². The van der Waals surface area contributed by atoms with E-state index in [4.69, 9.17) is 9.26 Å². The number of ether oxygens (including phenoxy) is 1. The predicted octanol–water partition coefficient (Wildman–Crippen LogP) is 2.35. The molecule has 1 fully saturated rings. The number of halogens is 1. The summed E-state index contributed by atoms with van der Waals surface area (Å²) in [6.45, 7) is 5.85. The molecule has 1 aromatic heterocycles. The maximum Gasteiger partial charge on any atom is 0.246 e. The molecule has 2 atom stereocenters. The van der Waals surface area contributed by atoms with Gasteiger partial charge >= 0.3 is 0 Å². The van der Waals surface area contributed by atoms with E-state index in [0.29, 0.717) is 30.1 Å². The Hall–Kier alpha value is -0.550. The Morgan fingerprint density at radius 3 is 3.00 bits per heavy atom. The normalized spacial score (nSPS) is 19.3. The highest BCUT2D eigenvalue weighted by atomic mass is 127. The molecule has 1 aliphatic heterocycles. The third kappa shape index (κ3) is 6.84. The fourth-order valence-electron chi connectivity index (χ4n) is 2.23. The van der Waals surface area contributed by atoms with Crippen LogP contribution in [0.4, 0.5) is 0 Å². The summed E-state index contributed by atoms with van der Waals surface area (Å²) in [4.78, 5) is 8.53. The summed E-state index contributed by atoms with van der Waals surface area (Å²) >= 11 is 2.02. The Bertz CT molecular complexity index is 479. The average Bonchev–Trinajstić information content (AvgIpc) is 3.19. The van der Waals surface area contributed by atoms with Crippen molar-refractivity contribution in [2.75, 3.05) is 26.0 Å². The first-order valence-electron chi connectivity index (χ1n) is 7.73. The molecule has 0 amide bonds. The van der Waals surface area contributed by atoms with Crippen molar-refractivity contribution in [2.24, 2.45) is 4.99 Å². The molecule has 2 unspecified atom stereocenters. The van der Waals surface area contributed by atoms with Gasteiger partial charge < -0.3 is 19.9 Å². The molecule has 0 aromatic carbocycles. The van der Waals surface area contributed by atoms with E-state index in [1.165, 1.54) is 18.6 Å². The first-order chi connectivity index (χ1) is 10.7. The van der Waals surface area contributed by atoms with Gasteiger partial charge in [-0.05, 0) is 32.4 Å². The molecule has 0 saturated carbocycles. The van der Waals surface area contributed by atoms with Gasteiger partial charge in [0.15, 0.2) is 11.8 Å². The summed E-state index contributed by atoms with van der Waals surface area (Å²) in [6.07, 6.45) is 2.43. The minimum Gasteiger partial charge on any atom is -0.371 e. The Morgan fingerprint density at radius 1 is 1.52 bits per heavy atom. The van der Waals surface area contributed by atoms with Crippen molar-refractivity contribution >= 4 is 41.7 Å². The SMILES string of the molecule is CCOC(C)c1noc(CNC(=NC)NCC2CCCS2)n1.I. The highest BCUT2D eigenvalue weighted by Crippen LogP contribution is 2.25. The van der Waals surface area contributed by atoms with Crippen LogP contribution in [0.2, 0.25) is 0 Å². The second kappa shape index (κ2) is 11.1. The van der Waals surface area contributed by atoms with E-state index >= 15 is 0 Å². The van der Waals surface area contributed by atoms with Gasteiger partial charge in [-0.2, -0.15) is 16.7 Å². The smallest absolute Gasteiger partial charge is 0.246 e. The molecular formula is C14H26IN5O2S. The lowest BCUT2D eigenvalue weighted by Gasteiger charge is -2.13. The van der Waals surface area contributed by atoms with Gasteiger partial charge in [0.1, 0.15) is 6.10 Å². The van der Waals surface area contributed by atoms with Crippen molar-refractivity contribution in [1.29, 1.82) is 0 Å². The number of hydrogen-bond donors (Lipinski definition) is 2. The molecule has 0 radical (unpaired) electrons. The lowest BCUT2D eigenvalue weighted by Crippen LogP contribution is -2.39. The van der Waals surface area contributed by atoms with Crippen LogP contribution in [0, 0.1) is 0 Å². The topological polar surface area (TPSA) is 84.6 Å². The van der Waals surface area contributed by atoms with Gasteiger partial charge in [-0.15, -0.1) is 24.0 Å². The van der Waals surface area contributed by atoms with Gasteiger partial charge in [-0.1, -0.05) is 5.16 Å². The molecule has 1 saturated heterocycles. The highest BCUT2D eigenvalue weighted by Gasteiger charge is 2.16. The van der Waals surface area contributed by atoms with Crippen LogP contribution in [0.3, 0.4) is 0 Å². The van der Waals surface area contributed by atoms with Crippen LogP contribution in [0.25, 0.3) is 0 Å². The van der Waals surface area contributed by atoms with Crippen LogP contribution in [-0.2, 0) is 11.3 Å². The van der Waals surface area contributed by atoms with E-state index in [2.05, 4.69) is 25.8 Å². The summed E-state index contributed by atoms with van der Waals surface area (Å²) in [6, 6.07) is 0. The van der Waals surface area contributed by atoms with Crippen LogP contribution in [0.5, 0.6) is 0 Å². The third-order valence-electron chi connectivity index (χ3n) is 3.42. The number of aromatic nitrogens is 2. The molecule has 2 rings (SSSR count). The third-order valence-corrected chi connectivity index (χ3v) is 4.81. The standard InChI is InChI=1S/C14H25N5O2S.HI/c1-4-20-10(2)13-18-12(21-19-13)9-17-14(15-3)16-8-11-6-5-7-22-11;/h10-11H,4-9H2,1-3H3,(H2,15,16,17);1H. The molecule has 2 heterocycles. The zero-order valence-electron chi connectivity index (χ0n) is 13.9. The van der Waals surface area contributed by atoms with Crippen molar-refractivity contribution in [3.8, 4) is 0 Å². The van der Waals surface area contributed by atoms with Gasteiger partial charge in [-0.3, -0.25) is 4.99 Å². The van der Waals surface area contributed by atoms with Crippen LogP contribution in [-0.4, -0.2) is 47.3 Å². The van der Waals surface area contributed by atoms with Crippen LogP contribution < -0.4 is 10.6 Å². The van der Waals surface area contributed by atoms with E-state index < -0.39 is 0 Å². The summed E-state index contributed by atoms with van der Waals surface area (Å²) in [7, 11) is 1.76. The Labute approximate surface area is 158 Å². The second-order valence-corrected chi connectivity index (χ2v) is 6.49. The van der Waals surface area contributed by atoms with E-state index in [1.54, 1.807) is 7.05 Å². The zero-order chi connectivity index (χ0) is 15.8. The minimum absolute atomic E-state index is 0. The molecule has 1 aliphatic rings. The second-order valence-electron chi connectivity index (χ2n) is 5.09. The van der Waals surface area contributed by atoms with Crippen LogP contribution in [0.15, 0.2) is 9.52 Å². The first-order valence-corrected chi connectivity index (χ1v) is 8.78. The summed E-state index contributed by atoms with van der Waals surface area (Å²) < 4.78 is 10.7. The van der Waals surface area contributed by atoms with Gasteiger partial charge in [0, 0.05) is 25.4 Å². The number of guanidine groups is 1. The lowest BCUT2D eigenvalue weighted by atomic mass is 10.2. The Kier molecular flexibility index (Phi) is 9.88. The maximum absolute atomic E-state index is 5.44. The Balaban J connectivity index is 0.00000264. The fourth-order valence-corrected chi connectivity index (χ4v) is 3.43. The molecule has 0 bridgehead atoms. The quantitative estimate of drug-likeness (QED) is 0.371. The van der Waals surface area contributed by atoms with Crippen LogP contribution in [0.1, 0.15) is 44.5 Å². The van der Waals surface area contributed by atoms with E-state index in [-0.39, 0.29) is 30.1 Å². The monoisotopic (exact) mass is 455 g/mol. The zero-order valence-corrected chi connectivity index (χ0v) is 17.0. The summed E-state index contributed by atoms with van der Waals surface area (Å²) in [5, 5.41) is 11.1. The fraction of sp³-hybridized carbons (Fsp3) is 0.786. The van der Waals surface area contributed by atoms with Gasteiger partial charge in [0.25, 0.3) is 0 Å². The predicted molar refractivity (Wildman–Crippen MR) is 103 cm³/mol. The number of nitrogens with zero attached hydrogens (tertiary/aromatic N) is 3. The number of aliphatic imine (C=N–C) groups is 1. The van der Waals surface area contributed by atoms with Gasteiger partial charge in [0.2, 0.25) is 5.89 Å². The maximum atomic E-state index is 5.44. The van der Waals surface area contributed by atoms with Crippen molar-refractivity contribution in [3.63, 3.8) is 0 Å². The molecular weight excluding hydrogens is 429 g/mol. The summed E-state index contributed by atoms with van der Waals surface area (Å²) in [5.41, 5.74) is 0. The number of thioether (sulfide) groups is 1. The first kappa shape index (κ1) is 20.5. The van der Waals surface area contributed by atoms with E-state index in [0.717, 1.165) is 12.5 Å². The molecule has 7 nitrogen and oxygen atoms in total. The summed E-state index contributed by atoms with van der Waals surface area (Å²) in [5.74, 6) is 3.12. The number of rotatable bonds is 7. The Morgan fingerprint density at radius 2 is 2.35 bits per heavy atom. The van der Waals surface area contributed by atoms with Crippen molar-refractivity contribution in [1.82, 2.24) is 20.8 Å². The molecule has 132 valence electrons.